The van der Waals surface area contributed by atoms with Gasteiger partial charge in [0.1, 0.15) is 11.5 Å². The lowest BCUT2D eigenvalue weighted by Crippen LogP contribution is -2.13. The monoisotopic (exact) mass is 333 g/mol. The van der Waals surface area contributed by atoms with Crippen LogP contribution in [-0.2, 0) is 11.2 Å². The van der Waals surface area contributed by atoms with Gasteiger partial charge in [0.25, 0.3) is 0 Å². The lowest BCUT2D eigenvalue weighted by molar-refractivity contribution is -0.116. The molecule has 0 unspecified atom stereocenters. The van der Waals surface area contributed by atoms with Crippen LogP contribution in [0.5, 0.6) is 11.5 Å². The molecule has 0 bridgehead atoms. The number of benzene rings is 2. The normalized spacial score (nSPS) is 10.3. The smallest absolute Gasteiger partial charge is 0.224 e. The van der Waals surface area contributed by atoms with Crippen LogP contribution in [0, 0.1) is 6.92 Å². The number of methoxy groups -OCH3 is 2. The second-order valence-corrected chi connectivity index (χ2v) is 5.58. The summed E-state index contributed by atoms with van der Waals surface area (Å²) >= 11 is 5.92. The Balaban J connectivity index is 2.05. The van der Waals surface area contributed by atoms with Crippen molar-refractivity contribution in [2.45, 2.75) is 19.8 Å². The highest BCUT2D eigenvalue weighted by Crippen LogP contribution is 2.29. The van der Waals surface area contributed by atoms with Gasteiger partial charge in [-0.05, 0) is 49.2 Å². The second-order valence-electron chi connectivity index (χ2n) is 5.15. The summed E-state index contributed by atoms with van der Waals surface area (Å²) < 4.78 is 10.7. The Morgan fingerprint density at radius 1 is 1.13 bits per heavy atom. The first-order valence-electron chi connectivity index (χ1n) is 7.31. The van der Waals surface area contributed by atoms with E-state index in [2.05, 4.69) is 5.32 Å². The minimum atomic E-state index is -0.0663. The molecule has 0 aliphatic heterocycles. The standard InChI is InChI=1S/C18H20ClNO3/c1-12-11-13(19)7-9-15(12)20-18(21)10-8-14-16(22-2)5-4-6-17(14)23-3/h4-7,9,11H,8,10H2,1-3H3,(H,20,21). The molecule has 0 spiro atoms. The first-order valence-corrected chi connectivity index (χ1v) is 7.68. The van der Waals surface area contributed by atoms with Crippen LogP contribution in [-0.4, -0.2) is 20.1 Å². The number of carbonyl (C=O) groups is 1. The number of ether oxygens (including phenoxy) is 2. The van der Waals surface area contributed by atoms with Crippen molar-refractivity contribution >= 4 is 23.2 Å². The highest BCUT2D eigenvalue weighted by molar-refractivity contribution is 6.30. The molecule has 0 aromatic heterocycles. The van der Waals surface area contributed by atoms with Gasteiger partial charge < -0.3 is 14.8 Å². The molecule has 1 amide bonds. The zero-order valence-corrected chi connectivity index (χ0v) is 14.2. The lowest BCUT2D eigenvalue weighted by atomic mass is 10.1. The molecule has 2 aromatic carbocycles. The molecule has 0 saturated heterocycles. The van der Waals surface area contributed by atoms with Gasteiger partial charge in [0, 0.05) is 22.7 Å². The third-order valence-corrected chi connectivity index (χ3v) is 3.83. The van der Waals surface area contributed by atoms with E-state index in [1.165, 1.54) is 0 Å². The molecular weight excluding hydrogens is 314 g/mol. The van der Waals surface area contributed by atoms with E-state index < -0.39 is 0 Å². The van der Waals surface area contributed by atoms with Gasteiger partial charge in [-0.25, -0.2) is 0 Å². The van der Waals surface area contributed by atoms with Crippen molar-refractivity contribution in [3.63, 3.8) is 0 Å². The van der Waals surface area contributed by atoms with Gasteiger partial charge in [0.2, 0.25) is 5.91 Å². The van der Waals surface area contributed by atoms with Crippen molar-refractivity contribution in [3.05, 3.63) is 52.5 Å². The van der Waals surface area contributed by atoms with Gasteiger partial charge in [-0.3, -0.25) is 4.79 Å². The molecule has 0 aliphatic carbocycles. The number of rotatable bonds is 6. The van der Waals surface area contributed by atoms with Crippen LogP contribution in [0.15, 0.2) is 36.4 Å². The molecule has 0 atom stereocenters. The quantitative estimate of drug-likeness (QED) is 0.860. The summed E-state index contributed by atoms with van der Waals surface area (Å²) in [7, 11) is 3.21. The van der Waals surface area contributed by atoms with Crippen molar-refractivity contribution in [2.75, 3.05) is 19.5 Å². The van der Waals surface area contributed by atoms with Crippen LogP contribution in [0.2, 0.25) is 5.02 Å². The predicted octanol–water partition coefficient (Wildman–Crippen LogP) is 4.24. The molecule has 5 heteroatoms. The average molecular weight is 334 g/mol. The summed E-state index contributed by atoms with van der Waals surface area (Å²) in [4.78, 5) is 12.2. The van der Waals surface area contributed by atoms with E-state index >= 15 is 0 Å². The van der Waals surface area contributed by atoms with Crippen molar-refractivity contribution in [1.82, 2.24) is 0 Å². The predicted molar refractivity (Wildman–Crippen MR) is 92.7 cm³/mol. The Morgan fingerprint density at radius 3 is 2.35 bits per heavy atom. The van der Waals surface area contributed by atoms with Gasteiger partial charge in [-0.1, -0.05) is 17.7 Å². The van der Waals surface area contributed by atoms with E-state index in [1.807, 2.05) is 31.2 Å². The number of hydrogen-bond acceptors (Lipinski definition) is 3. The molecule has 0 saturated carbocycles. The largest absolute Gasteiger partial charge is 0.496 e. The van der Waals surface area contributed by atoms with Crippen molar-refractivity contribution < 1.29 is 14.3 Å². The highest BCUT2D eigenvalue weighted by Gasteiger charge is 2.12. The van der Waals surface area contributed by atoms with Gasteiger partial charge >= 0.3 is 0 Å². The van der Waals surface area contributed by atoms with Crippen molar-refractivity contribution in [2.24, 2.45) is 0 Å². The van der Waals surface area contributed by atoms with Crippen molar-refractivity contribution in [3.8, 4) is 11.5 Å². The zero-order chi connectivity index (χ0) is 16.8. The molecule has 2 rings (SSSR count). The first-order chi connectivity index (χ1) is 11.0. The summed E-state index contributed by atoms with van der Waals surface area (Å²) in [6.45, 7) is 1.91. The number of carbonyl (C=O) groups excluding carboxylic acids is 1. The van der Waals surface area contributed by atoms with Crippen LogP contribution in [0.4, 0.5) is 5.69 Å². The molecule has 0 fully saturated rings. The third-order valence-electron chi connectivity index (χ3n) is 3.59. The van der Waals surface area contributed by atoms with Gasteiger partial charge in [-0.2, -0.15) is 0 Å². The number of aryl methyl sites for hydroxylation is 1. The molecule has 23 heavy (non-hydrogen) atoms. The summed E-state index contributed by atoms with van der Waals surface area (Å²) in [5, 5.41) is 3.56. The van der Waals surface area contributed by atoms with Crippen LogP contribution >= 0.6 is 11.6 Å². The summed E-state index contributed by atoms with van der Waals surface area (Å²) in [6.07, 6.45) is 0.866. The summed E-state index contributed by atoms with van der Waals surface area (Å²) in [6, 6.07) is 11.0. The third kappa shape index (κ3) is 4.39. The van der Waals surface area contributed by atoms with Gasteiger partial charge in [0.15, 0.2) is 0 Å². The maximum absolute atomic E-state index is 12.2. The van der Waals surface area contributed by atoms with Crippen LogP contribution in [0.25, 0.3) is 0 Å². The minimum Gasteiger partial charge on any atom is -0.496 e. The fourth-order valence-corrected chi connectivity index (χ4v) is 2.62. The second kappa shape index (κ2) is 7.88. The SMILES string of the molecule is COc1cccc(OC)c1CCC(=O)Nc1ccc(Cl)cc1C. The average Bonchev–Trinajstić information content (AvgIpc) is 2.55. The molecular formula is C18H20ClNO3. The maximum atomic E-state index is 12.2. The maximum Gasteiger partial charge on any atom is 0.224 e. The lowest BCUT2D eigenvalue weighted by Gasteiger charge is -2.13. The van der Waals surface area contributed by atoms with E-state index in [1.54, 1.807) is 26.4 Å². The number of amides is 1. The topological polar surface area (TPSA) is 47.6 Å². The van der Waals surface area contributed by atoms with Gasteiger partial charge in [-0.15, -0.1) is 0 Å². The number of halogens is 1. The van der Waals surface area contributed by atoms with E-state index in [4.69, 9.17) is 21.1 Å². The zero-order valence-electron chi connectivity index (χ0n) is 13.5. The summed E-state index contributed by atoms with van der Waals surface area (Å²) in [5.41, 5.74) is 2.59. The fraction of sp³-hybridized carbons (Fsp3) is 0.278. The van der Waals surface area contributed by atoms with Crippen LogP contribution < -0.4 is 14.8 Å². The highest BCUT2D eigenvalue weighted by atomic mass is 35.5. The number of nitrogens with one attached hydrogen (secondary N) is 1. The molecule has 1 N–H and O–H groups in total. The molecule has 0 heterocycles. The van der Waals surface area contributed by atoms with E-state index in [0.717, 1.165) is 28.3 Å². The van der Waals surface area contributed by atoms with Crippen LogP contribution in [0.1, 0.15) is 17.5 Å². The molecule has 0 radical (unpaired) electrons. The molecule has 0 aliphatic rings. The minimum absolute atomic E-state index is 0.0663. The Morgan fingerprint density at radius 2 is 1.78 bits per heavy atom. The first kappa shape index (κ1) is 17.2. The number of anilines is 1. The Bertz CT molecular complexity index is 678. The summed E-state index contributed by atoms with van der Waals surface area (Å²) in [5.74, 6) is 1.38. The molecule has 2 aromatic rings. The Hall–Kier alpha value is -2.20. The number of hydrogen-bond donors (Lipinski definition) is 1. The molecule has 122 valence electrons. The van der Waals surface area contributed by atoms with E-state index in [9.17, 15) is 4.79 Å². The van der Waals surface area contributed by atoms with E-state index in [0.29, 0.717) is 17.9 Å². The van der Waals surface area contributed by atoms with E-state index in [-0.39, 0.29) is 5.91 Å². The van der Waals surface area contributed by atoms with Crippen molar-refractivity contribution in [1.29, 1.82) is 0 Å². The Labute approximate surface area is 141 Å². The molecule has 4 nitrogen and oxygen atoms in total. The van der Waals surface area contributed by atoms with Gasteiger partial charge in [0.05, 0.1) is 14.2 Å². The fourth-order valence-electron chi connectivity index (χ4n) is 2.39. The van der Waals surface area contributed by atoms with Crippen LogP contribution in [0.3, 0.4) is 0 Å². The Kier molecular flexibility index (Phi) is 5.88.